The number of hydrogen-bond acceptors (Lipinski definition) is 6. The Balaban J connectivity index is 2.04. The number of carbonyl (C=O) groups excluding carboxylic acids is 4. The molecule has 0 saturated heterocycles. The van der Waals surface area contributed by atoms with E-state index in [0.29, 0.717) is 5.56 Å². The maximum atomic E-state index is 12.8. The number of Topliss-reactive ketones (excluding diaryl/α,β-unsaturated/α-hetero) is 1. The molecule has 1 heterocycles. The first kappa shape index (κ1) is 26.3. The molecule has 0 bridgehead atoms. The molecule has 1 aromatic carbocycles. The minimum atomic E-state index is -5.14. The molecule has 34 heavy (non-hydrogen) atoms. The van der Waals surface area contributed by atoms with Gasteiger partial charge in [0.1, 0.15) is 18.8 Å². The van der Waals surface area contributed by atoms with E-state index in [9.17, 15) is 37.1 Å². The zero-order chi connectivity index (χ0) is 25.5. The summed E-state index contributed by atoms with van der Waals surface area (Å²) >= 11 is 0. The average Bonchev–Trinajstić information content (AvgIpc) is 2.77. The van der Waals surface area contributed by atoms with E-state index in [1.807, 2.05) is 5.32 Å². The third-order valence-corrected chi connectivity index (χ3v) is 4.53. The van der Waals surface area contributed by atoms with Crippen molar-refractivity contribution in [1.29, 1.82) is 0 Å². The van der Waals surface area contributed by atoms with Gasteiger partial charge in [0.05, 0.1) is 6.04 Å². The Morgan fingerprint density at radius 3 is 2.26 bits per heavy atom. The Hall–Kier alpha value is -3.96. The van der Waals surface area contributed by atoms with Crippen molar-refractivity contribution in [1.82, 2.24) is 9.88 Å². The van der Waals surface area contributed by atoms with Crippen LogP contribution >= 0.6 is 0 Å². The molecular formula is C22H22F3N3O6. The number of benzene rings is 1. The number of hydrogen-bond donors (Lipinski definition) is 2. The maximum Gasteiger partial charge on any atom is 0.452 e. The Morgan fingerprint density at radius 1 is 1.03 bits per heavy atom. The Labute approximate surface area is 191 Å². The van der Waals surface area contributed by atoms with Crippen molar-refractivity contribution >= 4 is 29.3 Å². The highest BCUT2D eigenvalue weighted by atomic mass is 19.4. The molecule has 0 fully saturated rings. The standard InChI is InChI=1S/C22H22F3N3O6/c1-13(2)17(18(30)22(23,24)25)27-16(29)11-28-10-6-9-15(20(28)32)26-19(31)21(33)34-12-14-7-4-3-5-8-14/h3-10,13,17H,11-12H2,1-2H3,(H,26,31)(H,27,29). The number of nitrogens with zero attached hydrogens (tertiary/aromatic N) is 1. The van der Waals surface area contributed by atoms with Gasteiger partial charge in [0.25, 0.3) is 11.3 Å². The Morgan fingerprint density at radius 2 is 1.68 bits per heavy atom. The molecule has 182 valence electrons. The molecule has 0 aliphatic carbocycles. The molecule has 2 amide bonds. The summed E-state index contributed by atoms with van der Waals surface area (Å²) in [5.74, 6) is -6.47. The van der Waals surface area contributed by atoms with Crippen LogP contribution in [0.25, 0.3) is 0 Å². The smallest absolute Gasteiger partial charge is 0.452 e. The lowest BCUT2D eigenvalue weighted by Gasteiger charge is -2.22. The van der Waals surface area contributed by atoms with Crippen molar-refractivity contribution < 1.29 is 37.1 Å². The van der Waals surface area contributed by atoms with Crippen LogP contribution in [0.15, 0.2) is 53.5 Å². The van der Waals surface area contributed by atoms with Crippen molar-refractivity contribution in [2.24, 2.45) is 5.92 Å². The molecule has 9 nitrogen and oxygen atoms in total. The van der Waals surface area contributed by atoms with E-state index in [2.05, 4.69) is 5.32 Å². The first-order chi connectivity index (χ1) is 15.9. The fraction of sp³-hybridized carbons (Fsp3) is 0.318. The van der Waals surface area contributed by atoms with Gasteiger partial charge in [-0.15, -0.1) is 0 Å². The summed E-state index contributed by atoms with van der Waals surface area (Å²) < 4.78 is 43.9. The zero-order valence-corrected chi connectivity index (χ0v) is 18.2. The summed E-state index contributed by atoms with van der Waals surface area (Å²) in [6.45, 7) is 1.76. The second kappa shape index (κ2) is 11.3. The van der Waals surface area contributed by atoms with Gasteiger partial charge in [-0.2, -0.15) is 13.2 Å². The minimum absolute atomic E-state index is 0.167. The predicted molar refractivity (Wildman–Crippen MR) is 113 cm³/mol. The number of rotatable bonds is 8. The van der Waals surface area contributed by atoms with Gasteiger partial charge in [-0.3, -0.25) is 19.2 Å². The van der Waals surface area contributed by atoms with Crippen LogP contribution in [0, 0.1) is 5.92 Å². The van der Waals surface area contributed by atoms with E-state index < -0.39 is 53.8 Å². The molecule has 12 heteroatoms. The lowest BCUT2D eigenvalue weighted by molar-refractivity contribution is -0.174. The number of amides is 2. The van der Waals surface area contributed by atoms with Crippen molar-refractivity contribution in [3.63, 3.8) is 0 Å². The normalized spacial score (nSPS) is 12.1. The molecule has 0 radical (unpaired) electrons. The highest BCUT2D eigenvalue weighted by Gasteiger charge is 2.44. The second-order valence-electron chi connectivity index (χ2n) is 7.52. The van der Waals surface area contributed by atoms with Gasteiger partial charge in [-0.05, 0) is 23.6 Å². The molecular weight excluding hydrogens is 459 g/mol. The Kier molecular flexibility index (Phi) is 8.70. The van der Waals surface area contributed by atoms with Crippen LogP contribution in [-0.4, -0.2) is 40.4 Å². The van der Waals surface area contributed by atoms with Crippen LogP contribution in [-0.2, 0) is 37.1 Å². The minimum Gasteiger partial charge on any atom is -0.454 e. The third-order valence-electron chi connectivity index (χ3n) is 4.53. The molecule has 1 atom stereocenters. The van der Waals surface area contributed by atoms with Gasteiger partial charge in [-0.1, -0.05) is 44.2 Å². The SMILES string of the molecule is CC(C)C(NC(=O)Cn1cccc(NC(=O)C(=O)OCc2ccccc2)c1=O)C(=O)C(F)(F)F. The largest absolute Gasteiger partial charge is 0.454 e. The number of nitrogens with one attached hydrogen (secondary N) is 2. The number of pyridine rings is 1. The molecule has 0 saturated carbocycles. The number of halogens is 3. The van der Waals surface area contributed by atoms with Crippen LogP contribution in [0.3, 0.4) is 0 Å². The summed E-state index contributed by atoms with van der Waals surface area (Å²) in [4.78, 5) is 60.2. The topological polar surface area (TPSA) is 124 Å². The molecule has 0 aliphatic rings. The average molecular weight is 481 g/mol. The van der Waals surface area contributed by atoms with Crippen molar-refractivity contribution in [2.45, 2.75) is 39.2 Å². The van der Waals surface area contributed by atoms with E-state index >= 15 is 0 Å². The van der Waals surface area contributed by atoms with Crippen molar-refractivity contribution in [2.75, 3.05) is 5.32 Å². The second-order valence-corrected chi connectivity index (χ2v) is 7.52. The summed E-state index contributed by atoms with van der Waals surface area (Å²) in [5.41, 5.74) is -0.616. The van der Waals surface area contributed by atoms with Crippen molar-refractivity contribution in [3.8, 4) is 0 Å². The first-order valence-corrected chi connectivity index (χ1v) is 10.0. The summed E-state index contributed by atoms with van der Waals surface area (Å²) in [5, 5.41) is 4.06. The number of alkyl halides is 3. The summed E-state index contributed by atoms with van der Waals surface area (Å²) in [6, 6.07) is 9.17. The van der Waals surface area contributed by atoms with Crippen molar-refractivity contribution in [3.05, 3.63) is 64.6 Å². The van der Waals surface area contributed by atoms with Crippen LogP contribution in [0.2, 0.25) is 0 Å². The van der Waals surface area contributed by atoms with E-state index in [4.69, 9.17) is 4.74 Å². The highest BCUT2D eigenvalue weighted by Crippen LogP contribution is 2.21. The van der Waals surface area contributed by atoms with E-state index in [1.165, 1.54) is 26.0 Å². The molecule has 1 aromatic heterocycles. The monoisotopic (exact) mass is 481 g/mol. The molecule has 0 aliphatic heterocycles. The predicted octanol–water partition coefficient (Wildman–Crippen LogP) is 1.80. The molecule has 2 aromatic rings. The fourth-order valence-electron chi connectivity index (χ4n) is 2.80. The molecule has 0 spiro atoms. The molecule has 1 unspecified atom stereocenters. The van der Waals surface area contributed by atoms with Crippen LogP contribution in [0.1, 0.15) is 19.4 Å². The third kappa shape index (κ3) is 7.29. The van der Waals surface area contributed by atoms with Gasteiger partial charge in [0.2, 0.25) is 5.91 Å². The van der Waals surface area contributed by atoms with Gasteiger partial charge >= 0.3 is 18.1 Å². The van der Waals surface area contributed by atoms with E-state index in [-0.39, 0.29) is 12.3 Å². The highest BCUT2D eigenvalue weighted by molar-refractivity contribution is 6.37. The molecule has 2 N–H and O–H groups in total. The van der Waals surface area contributed by atoms with Gasteiger partial charge < -0.3 is 19.9 Å². The fourth-order valence-corrected chi connectivity index (χ4v) is 2.80. The Bertz CT molecular complexity index is 1110. The number of carbonyl (C=O) groups is 4. The number of esters is 1. The maximum absolute atomic E-state index is 12.8. The molecule has 2 rings (SSSR count). The lowest BCUT2D eigenvalue weighted by Crippen LogP contribution is -2.50. The van der Waals surface area contributed by atoms with Crippen LogP contribution in [0.5, 0.6) is 0 Å². The van der Waals surface area contributed by atoms with Crippen LogP contribution < -0.4 is 16.2 Å². The van der Waals surface area contributed by atoms with Gasteiger partial charge in [-0.25, -0.2) is 4.79 Å². The van der Waals surface area contributed by atoms with Crippen LogP contribution in [0.4, 0.5) is 18.9 Å². The van der Waals surface area contributed by atoms with Gasteiger partial charge in [0, 0.05) is 6.20 Å². The quantitative estimate of drug-likeness (QED) is 0.438. The number of ether oxygens (including phenoxy) is 1. The van der Waals surface area contributed by atoms with E-state index in [0.717, 1.165) is 10.8 Å². The summed E-state index contributed by atoms with van der Waals surface area (Å²) in [6.07, 6.45) is -3.99. The lowest BCUT2D eigenvalue weighted by atomic mass is 9.99. The summed E-state index contributed by atoms with van der Waals surface area (Å²) in [7, 11) is 0. The van der Waals surface area contributed by atoms with E-state index in [1.54, 1.807) is 30.3 Å². The number of aromatic nitrogens is 1. The number of anilines is 1. The first-order valence-electron chi connectivity index (χ1n) is 10.0. The zero-order valence-electron chi connectivity index (χ0n) is 18.2. The van der Waals surface area contributed by atoms with Gasteiger partial charge in [0.15, 0.2) is 0 Å². The number of ketones is 1.